The summed E-state index contributed by atoms with van der Waals surface area (Å²) >= 11 is 7.18. The van der Waals surface area contributed by atoms with Gasteiger partial charge in [0.1, 0.15) is 6.54 Å². The number of hydrogen-bond donors (Lipinski definition) is 0. The number of anilines is 1. The molecule has 30 heavy (non-hydrogen) atoms. The maximum Gasteiger partial charge on any atom is 0.326 e. The SMILES string of the molecule is CCOC(=O)CN(C(=O)CSc1nnc(-c2ccncc2)n1C)c1ccc(Cl)cc1. The molecule has 2 heterocycles. The minimum absolute atomic E-state index is 0.0738. The highest BCUT2D eigenvalue weighted by molar-refractivity contribution is 7.99. The van der Waals surface area contributed by atoms with E-state index >= 15 is 0 Å². The Morgan fingerprint density at radius 2 is 1.83 bits per heavy atom. The van der Waals surface area contributed by atoms with Crippen LogP contribution in [0.3, 0.4) is 0 Å². The first-order valence-electron chi connectivity index (χ1n) is 9.13. The molecule has 0 radical (unpaired) electrons. The van der Waals surface area contributed by atoms with E-state index in [-0.39, 0.29) is 24.8 Å². The number of esters is 1. The third kappa shape index (κ3) is 5.37. The smallest absolute Gasteiger partial charge is 0.326 e. The first-order chi connectivity index (χ1) is 14.5. The van der Waals surface area contributed by atoms with Crippen LogP contribution in [0.1, 0.15) is 6.92 Å². The van der Waals surface area contributed by atoms with Gasteiger partial charge in [-0.05, 0) is 43.3 Å². The molecule has 0 aliphatic heterocycles. The normalized spacial score (nSPS) is 10.6. The largest absolute Gasteiger partial charge is 0.465 e. The molecule has 0 N–H and O–H groups in total. The third-order valence-electron chi connectivity index (χ3n) is 4.13. The van der Waals surface area contributed by atoms with Crippen molar-refractivity contribution in [3.05, 3.63) is 53.8 Å². The Morgan fingerprint density at radius 3 is 2.50 bits per heavy atom. The lowest BCUT2D eigenvalue weighted by molar-refractivity contribution is -0.142. The van der Waals surface area contributed by atoms with E-state index in [0.717, 1.165) is 5.56 Å². The second-order valence-corrected chi connectivity index (χ2v) is 7.53. The molecule has 1 amide bonds. The minimum atomic E-state index is -0.482. The van der Waals surface area contributed by atoms with Crippen molar-refractivity contribution < 1.29 is 14.3 Å². The van der Waals surface area contributed by atoms with Gasteiger partial charge in [0.05, 0.1) is 12.4 Å². The summed E-state index contributed by atoms with van der Waals surface area (Å²) in [5.41, 5.74) is 1.44. The van der Waals surface area contributed by atoms with Crippen molar-refractivity contribution in [1.82, 2.24) is 19.7 Å². The first-order valence-corrected chi connectivity index (χ1v) is 10.5. The van der Waals surface area contributed by atoms with Crippen molar-refractivity contribution in [2.45, 2.75) is 12.1 Å². The predicted octanol–water partition coefficient (Wildman–Crippen LogP) is 3.22. The monoisotopic (exact) mass is 445 g/mol. The molecule has 0 aliphatic carbocycles. The fraction of sp³-hybridized carbons (Fsp3) is 0.250. The highest BCUT2D eigenvalue weighted by Crippen LogP contribution is 2.24. The summed E-state index contributed by atoms with van der Waals surface area (Å²) in [6.07, 6.45) is 3.36. The van der Waals surface area contributed by atoms with Gasteiger partial charge in [-0.25, -0.2) is 0 Å². The first kappa shape index (κ1) is 21.8. The Hall–Kier alpha value is -2.91. The molecule has 156 valence electrons. The van der Waals surface area contributed by atoms with Gasteiger partial charge in [-0.2, -0.15) is 0 Å². The van der Waals surface area contributed by atoms with E-state index < -0.39 is 5.97 Å². The summed E-state index contributed by atoms with van der Waals surface area (Å²) in [6.45, 7) is 1.78. The average molecular weight is 446 g/mol. The molecular formula is C20H20ClN5O3S. The molecule has 0 atom stereocenters. The maximum absolute atomic E-state index is 12.9. The second kappa shape index (κ2) is 10.2. The van der Waals surface area contributed by atoms with Crippen molar-refractivity contribution >= 4 is 40.9 Å². The molecule has 3 aromatic rings. The summed E-state index contributed by atoms with van der Waals surface area (Å²) in [5, 5.41) is 9.50. The molecule has 1 aromatic carbocycles. The molecule has 0 spiro atoms. The van der Waals surface area contributed by atoms with Gasteiger partial charge >= 0.3 is 5.97 Å². The summed E-state index contributed by atoms with van der Waals surface area (Å²) < 4.78 is 6.82. The Kier molecular flexibility index (Phi) is 7.42. The minimum Gasteiger partial charge on any atom is -0.465 e. The zero-order valence-electron chi connectivity index (χ0n) is 16.5. The fourth-order valence-corrected chi connectivity index (χ4v) is 3.59. The quantitative estimate of drug-likeness (QED) is 0.388. The van der Waals surface area contributed by atoms with Crippen LogP contribution in [0, 0.1) is 0 Å². The Balaban J connectivity index is 1.73. The molecule has 0 saturated heterocycles. The highest BCUT2D eigenvalue weighted by Gasteiger charge is 2.21. The molecule has 0 unspecified atom stereocenters. The van der Waals surface area contributed by atoms with E-state index in [4.69, 9.17) is 16.3 Å². The number of nitrogens with zero attached hydrogens (tertiary/aromatic N) is 5. The number of pyridine rings is 1. The van der Waals surface area contributed by atoms with Gasteiger partial charge < -0.3 is 14.2 Å². The maximum atomic E-state index is 12.9. The zero-order valence-corrected chi connectivity index (χ0v) is 18.1. The van der Waals surface area contributed by atoms with Crippen molar-refractivity contribution in [2.75, 3.05) is 23.8 Å². The van der Waals surface area contributed by atoms with Crippen LogP contribution in [-0.4, -0.2) is 50.5 Å². The lowest BCUT2D eigenvalue weighted by Crippen LogP contribution is -2.37. The van der Waals surface area contributed by atoms with E-state index in [1.54, 1.807) is 43.6 Å². The Labute approximate surface area is 183 Å². The zero-order chi connectivity index (χ0) is 21.5. The lowest BCUT2D eigenvalue weighted by atomic mass is 10.2. The van der Waals surface area contributed by atoms with Gasteiger partial charge in [-0.15, -0.1) is 10.2 Å². The average Bonchev–Trinajstić information content (AvgIpc) is 3.12. The van der Waals surface area contributed by atoms with E-state index in [2.05, 4.69) is 15.2 Å². The summed E-state index contributed by atoms with van der Waals surface area (Å²) in [6, 6.07) is 10.4. The van der Waals surface area contributed by atoms with Gasteiger partial charge in [0.2, 0.25) is 5.91 Å². The summed E-state index contributed by atoms with van der Waals surface area (Å²) in [4.78, 5) is 30.3. The third-order valence-corrected chi connectivity index (χ3v) is 5.39. The fourth-order valence-electron chi connectivity index (χ4n) is 2.68. The van der Waals surface area contributed by atoms with Crippen LogP contribution in [0.4, 0.5) is 5.69 Å². The molecule has 0 bridgehead atoms. The number of aromatic nitrogens is 4. The van der Waals surface area contributed by atoms with Gasteiger partial charge in [-0.3, -0.25) is 14.6 Å². The van der Waals surface area contributed by atoms with E-state index in [9.17, 15) is 9.59 Å². The lowest BCUT2D eigenvalue weighted by Gasteiger charge is -2.21. The number of amides is 1. The van der Waals surface area contributed by atoms with Crippen LogP contribution in [0.15, 0.2) is 53.9 Å². The molecular weight excluding hydrogens is 426 g/mol. The molecule has 10 heteroatoms. The highest BCUT2D eigenvalue weighted by atomic mass is 35.5. The van der Waals surface area contributed by atoms with Gasteiger partial charge in [0, 0.05) is 35.7 Å². The van der Waals surface area contributed by atoms with E-state index in [1.807, 2.05) is 23.7 Å². The number of rotatable bonds is 8. The molecule has 0 fully saturated rings. The molecule has 0 saturated carbocycles. The van der Waals surface area contributed by atoms with Crippen molar-refractivity contribution in [2.24, 2.45) is 7.05 Å². The van der Waals surface area contributed by atoms with Crippen LogP contribution < -0.4 is 4.90 Å². The van der Waals surface area contributed by atoms with E-state index in [1.165, 1.54) is 16.7 Å². The van der Waals surface area contributed by atoms with Crippen molar-refractivity contribution in [1.29, 1.82) is 0 Å². The topological polar surface area (TPSA) is 90.2 Å². The number of halogens is 1. The van der Waals surface area contributed by atoms with Crippen LogP contribution in [0.5, 0.6) is 0 Å². The number of benzene rings is 1. The Bertz CT molecular complexity index is 1010. The summed E-state index contributed by atoms with van der Waals surface area (Å²) in [7, 11) is 1.83. The van der Waals surface area contributed by atoms with Crippen LogP contribution >= 0.6 is 23.4 Å². The van der Waals surface area contributed by atoms with Crippen LogP contribution in [0.25, 0.3) is 11.4 Å². The Morgan fingerprint density at radius 1 is 1.13 bits per heavy atom. The van der Waals surface area contributed by atoms with Gasteiger partial charge in [0.25, 0.3) is 0 Å². The van der Waals surface area contributed by atoms with Crippen LogP contribution in [-0.2, 0) is 21.4 Å². The standard InChI is InChI=1S/C20H20ClN5O3S/c1-3-29-18(28)12-26(16-6-4-15(21)5-7-16)17(27)13-30-20-24-23-19(25(20)2)14-8-10-22-11-9-14/h4-11H,3,12-13H2,1-2H3. The predicted molar refractivity (Wildman–Crippen MR) is 115 cm³/mol. The molecule has 3 rings (SSSR count). The van der Waals surface area contributed by atoms with Crippen LogP contribution in [0.2, 0.25) is 5.02 Å². The van der Waals surface area contributed by atoms with E-state index in [0.29, 0.717) is 21.7 Å². The van der Waals surface area contributed by atoms with Crippen molar-refractivity contribution in [3.63, 3.8) is 0 Å². The molecule has 8 nitrogen and oxygen atoms in total. The van der Waals surface area contributed by atoms with Gasteiger partial charge in [-0.1, -0.05) is 23.4 Å². The van der Waals surface area contributed by atoms with Crippen molar-refractivity contribution in [3.8, 4) is 11.4 Å². The molecule has 0 aliphatic rings. The number of carbonyl (C=O) groups excluding carboxylic acids is 2. The number of hydrogen-bond acceptors (Lipinski definition) is 7. The van der Waals surface area contributed by atoms with Gasteiger partial charge in [0.15, 0.2) is 11.0 Å². The number of ether oxygens (including phenoxy) is 1. The number of carbonyl (C=O) groups is 2. The second-order valence-electron chi connectivity index (χ2n) is 6.15. The summed E-state index contributed by atoms with van der Waals surface area (Å²) in [5.74, 6) is 0.00589. The number of thioether (sulfide) groups is 1. The molecule has 2 aromatic heterocycles.